The van der Waals surface area contributed by atoms with Crippen molar-refractivity contribution in [3.05, 3.63) is 193 Å². The van der Waals surface area contributed by atoms with Crippen LogP contribution in [0.2, 0.25) is 0 Å². The number of rotatable bonds is 34. The smallest absolute Gasteiger partial charge is 0.324 e. The van der Waals surface area contributed by atoms with Gasteiger partial charge < -0.3 is 72.2 Å². The molecule has 34 nitrogen and oxygen atoms in total. The molecule has 138 heavy (non-hydrogen) atoms. The van der Waals surface area contributed by atoms with Crippen molar-refractivity contribution in [2.75, 3.05) is 144 Å². The van der Waals surface area contributed by atoms with Gasteiger partial charge in [0, 0.05) is 241 Å². The number of hydrogen-bond donors (Lipinski definition) is 11. The molecule has 4 saturated heterocycles. The fourth-order valence-electron chi connectivity index (χ4n) is 22.4. The lowest BCUT2D eigenvalue weighted by molar-refractivity contribution is -0.143. The van der Waals surface area contributed by atoms with Gasteiger partial charge in [-0.25, -0.2) is 19.2 Å². The average Bonchev–Trinajstić information content (AvgIpc) is 1.46. The zero-order valence-electron chi connectivity index (χ0n) is 80.7. The van der Waals surface area contributed by atoms with E-state index in [1.165, 1.54) is 99.5 Å². The van der Waals surface area contributed by atoms with Crippen LogP contribution in [0.25, 0.3) is 43.6 Å². The van der Waals surface area contributed by atoms with E-state index >= 15 is 0 Å². The Kier molecular flexibility index (Phi) is 36.2. The standard InChI is InChI=1S/C26H36N6O3.C26H35N5O4.2C26H34N4O4/c1-3-10-31-16-18(25(34)32(26(35)28-4-2)11-6-9-29-23(33)14-27)12-20-19-7-5-8-21-24(19)17(15-30-21)13-22(20)31;1-3-9-30-16-18(25(33)31(26(34)28-4-2)10-6-11-35-23(32)14-27)12-20-19-7-5-8-21-24(19)17(15-29-21)13-22(20)30;2*1-4-10-29-16-19(25(32)30(26(33)27-5-2)11-7-12-34-17(3)31)13-21-20-8-6-9-22-24(20)18(15-28-22)14-23(21)29/h3,5,7-8,15,18,20,22,30H,1,4,6,9-14,16,27H2,2H3,(H,28,35)(H,29,33);3,5,7-8,15,18,20,22,29H,1,4,6,9-14,16,27H2,2H3,(H,28,34);2*4,6,8-9,15,19,21,23,28H,1,5,7,10-14,16H2,2-3H3,(H,27,33)/t2*18-,20-,22-;2*19-,21-,23-/m1111/s1. The first-order valence-electron chi connectivity index (χ1n) is 49.1. The van der Waals surface area contributed by atoms with Gasteiger partial charge in [-0.3, -0.25) is 77.6 Å². The van der Waals surface area contributed by atoms with Crippen LogP contribution in [0.5, 0.6) is 0 Å². The molecule has 4 aromatic heterocycles. The summed E-state index contributed by atoms with van der Waals surface area (Å²) in [4.78, 5) is 179. The Balaban J connectivity index is 0.000000155. The van der Waals surface area contributed by atoms with Gasteiger partial charge >= 0.3 is 42.0 Å². The first kappa shape index (κ1) is 103. The number of amides is 13. The lowest BCUT2D eigenvalue weighted by Gasteiger charge is -2.47. The maximum Gasteiger partial charge on any atom is 0.324 e. The van der Waals surface area contributed by atoms with E-state index in [-0.39, 0.29) is 172 Å². The SMILES string of the molecule is C=CCN1C[C@H](C(=O)N(CCCNC(=O)CN)C(=O)NCC)C[C@@H]2c3cccc4[nH]cc(c34)C[C@H]21.C=CCN1C[C@H](C(=O)N(CCCOC(=O)CN)C(=O)NCC)C[C@@H]2c3cccc4[nH]cc(c34)C[C@H]21.C=CCN1C[C@H](C(=O)N(CCCOC(C)=O)C(=O)NCC)C[C@@H]2c3cccc4[nH]cc(c34)C[C@H]21.C=CCN1C[C@H](C(=O)N(CCCOC(C)=O)C(=O)NCC)C[C@@H]2c3cccc4[nH]cc(c34)C[C@H]21. The van der Waals surface area contributed by atoms with E-state index in [0.29, 0.717) is 136 Å². The Morgan fingerprint density at radius 3 is 0.877 bits per heavy atom. The van der Waals surface area contributed by atoms with Gasteiger partial charge in [0.25, 0.3) is 0 Å². The first-order valence-corrected chi connectivity index (χ1v) is 49.1. The van der Waals surface area contributed by atoms with Crippen molar-refractivity contribution in [2.45, 2.75) is 166 Å². The van der Waals surface area contributed by atoms with Gasteiger partial charge in [0.2, 0.25) is 29.5 Å². The number of nitrogens with one attached hydrogen (secondary N) is 9. The molecule has 0 spiro atoms. The number of aromatic nitrogens is 4. The topological polar surface area (TPSA) is 434 Å². The van der Waals surface area contributed by atoms with Gasteiger partial charge in [-0.15, -0.1) is 26.3 Å². The van der Waals surface area contributed by atoms with Crippen LogP contribution in [0.4, 0.5) is 19.2 Å². The molecule has 13 amide bonds. The zero-order valence-corrected chi connectivity index (χ0v) is 80.7. The molecule has 4 fully saturated rings. The van der Waals surface area contributed by atoms with Crippen LogP contribution in [0.1, 0.15) is 161 Å². The third kappa shape index (κ3) is 23.7. The van der Waals surface area contributed by atoms with Crippen LogP contribution < -0.4 is 38.1 Å². The average molecular weight is 1900 g/mol. The Morgan fingerprint density at radius 2 is 0.638 bits per heavy atom. The Morgan fingerprint density at radius 1 is 0.377 bits per heavy atom. The largest absolute Gasteiger partial charge is 0.466 e. The summed E-state index contributed by atoms with van der Waals surface area (Å²) >= 11 is 0. The molecule has 12 atom stereocenters. The summed E-state index contributed by atoms with van der Waals surface area (Å²) in [6.07, 6.45) is 24.1. The summed E-state index contributed by atoms with van der Waals surface area (Å²) < 4.78 is 15.0. The molecule has 4 aromatic carbocycles. The highest BCUT2D eigenvalue weighted by Crippen LogP contribution is 2.50. The fourth-order valence-corrected chi connectivity index (χ4v) is 22.4. The minimum Gasteiger partial charge on any atom is -0.466 e. The third-order valence-corrected chi connectivity index (χ3v) is 28.2. The lowest BCUT2D eigenvalue weighted by atomic mass is 9.72. The fraction of sp³-hybridized carbons (Fsp3) is 0.500. The number of H-pyrrole nitrogens is 4. The Hall–Kier alpha value is -12.6. The number of fused-ring (bicyclic) bond motifs is 8. The van der Waals surface area contributed by atoms with Crippen LogP contribution in [-0.2, 0) is 78.3 Å². The summed E-state index contributed by atoms with van der Waals surface area (Å²) in [5.41, 5.74) is 25.5. The van der Waals surface area contributed by atoms with E-state index < -0.39 is 30.1 Å². The number of ether oxygens (including phenoxy) is 3. The third-order valence-electron chi connectivity index (χ3n) is 28.2. The van der Waals surface area contributed by atoms with Crippen molar-refractivity contribution < 1.29 is 71.7 Å². The van der Waals surface area contributed by atoms with Crippen LogP contribution in [-0.4, -0.2) is 299 Å². The van der Waals surface area contributed by atoms with Gasteiger partial charge in [0.05, 0.1) is 56.6 Å². The van der Waals surface area contributed by atoms with Gasteiger partial charge in [-0.05, 0) is 174 Å². The molecule has 8 heterocycles. The molecule has 0 unspecified atom stereocenters. The summed E-state index contributed by atoms with van der Waals surface area (Å²) in [5.74, 6) is -2.69. The summed E-state index contributed by atoms with van der Waals surface area (Å²) in [7, 11) is 0. The van der Waals surface area contributed by atoms with Crippen molar-refractivity contribution in [2.24, 2.45) is 35.1 Å². The number of imide groups is 4. The predicted octanol–water partition coefficient (Wildman–Crippen LogP) is 10.2. The quantitative estimate of drug-likeness (QED) is 0.00772. The highest BCUT2D eigenvalue weighted by atomic mass is 16.5. The molecular weight excluding hydrogens is 1760 g/mol. The molecule has 0 saturated carbocycles. The molecule has 8 aliphatic rings. The Labute approximate surface area is 806 Å². The molecule has 740 valence electrons. The van der Waals surface area contributed by atoms with Crippen LogP contribution in [0, 0.1) is 23.7 Å². The number of hydrogen-bond acceptors (Lipinski definition) is 21. The van der Waals surface area contributed by atoms with Crippen molar-refractivity contribution in [3.8, 4) is 0 Å². The molecule has 4 aliphatic carbocycles. The van der Waals surface area contributed by atoms with E-state index in [4.69, 9.17) is 25.7 Å². The van der Waals surface area contributed by atoms with E-state index in [2.05, 4.69) is 190 Å². The lowest BCUT2D eigenvalue weighted by Crippen LogP contribution is -2.55. The van der Waals surface area contributed by atoms with Crippen molar-refractivity contribution in [1.29, 1.82) is 0 Å². The van der Waals surface area contributed by atoms with Gasteiger partial charge in [0.15, 0.2) is 0 Å². The number of likely N-dealkylation sites (tertiary alicyclic amines) is 4. The van der Waals surface area contributed by atoms with E-state index in [9.17, 15) is 57.5 Å². The van der Waals surface area contributed by atoms with Crippen LogP contribution in [0.15, 0.2) is 148 Å². The minimum atomic E-state index is -0.505. The number of nitrogens with zero attached hydrogens (tertiary/aromatic N) is 8. The van der Waals surface area contributed by atoms with Gasteiger partial charge in [-0.1, -0.05) is 72.8 Å². The molecule has 13 N–H and O–H groups in total. The van der Waals surface area contributed by atoms with Gasteiger partial charge in [-0.2, -0.15) is 0 Å². The van der Waals surface area contributed by atoms with Gasteiger partial charge in [0.1, 0.15) is 0 Å². The second kappa shape index (κ2) is 48.6. The molecule has 34 heteroatoms. The maximum absolute atomic E-state index is 13.8. The number of carbonyl (C=O) groups is 12. The molecule has 0 radical (unpaired) electrons. The number of nitrogens with two attached hydrogens (primary N) is 2. The number of benzene rings is 4. The molecule has 4 aliphatic heterocycles. The van der Waals surface area contributed by atoms with Crippen molar-refractivity contribution in [1.82, 2.24) is 85.7 Å². The van der Waals surface area contributed by atoms with E-state index in [1.54, 1.807) is 0 Å². The maximum atomic E-state index is 13.8. The highest BCUT2D eigenvalue weighted by Gasteiger charge is 2.50. The molecular formula is C104H139N19O15. The second-order valence-corrected chi connectivity index (χ2v) is 36.9. The summed E-state index contributed by atoms with van der Waals surface area (Å²) in [6.45, 7) is 33.9. The van der Waals surface area contributed by atoms with E-state index in [0.717, 1.165) is 47.8 Å². The summed E-state index contributed by atoms with van der Waals surface area (Å²) in [6, 6.07) is 24.9. The number of piperidine rings is 4. The van der Waals surface area contributed by atoms with E-state index in [1.807, 2.05) is 52.0 Å². The molecule has 0 bridgehead atoms. The second-order valence-electron chi connectivity index (χ2n) is 36.9. The number of urea groups is 4. The number of carbonyl (C=O) groups excluding carboxylic acids is 12. The normalized spacial score (nSPS) is 21.4. The van der Waals surface area contributed by atoms with Crippen LogP contribution >= 0.6 is 0 Å². The zero-order chi connectivity index (χ0) is 98.4. The minimum absolute atomic E-state index is 0.0850. The van der Waals surface area contributed by atoms with Crippen LogP contribution in [0.3, 0.4) is 0 Å². The van der Waals surface area contributed by atoms with Crippen molar-refractivity contribution in [3.63, 3.8) is 0 Å². The summed E-state index contributed by atoms with van der Waals surface area (Å²) in [5, 5.41) is 18.8. The molecule has 8 aromatic rings. The number of esters is 3. The monoisotopic (exact) mass is 1890 g/mol. The predicted molar refractivity (Wildman–Crippen MR) is 531 cm³/mol. The number of aromatic amines is 4. The Bertz CT molecular complexity index is 5370. The van der Waals surface area contributed by atoms with Crippen molar-refractivity contribution >= 4 is 115 Å². The molecule has 16 rings (SSSR count). The first-order chi connectivity index (χ1) is 66.8. The highest BCUT2D eigenvalue weighted by molar-refractivity contribution is 6.00.